The number of likely N-dealkylation sites (N-methyl/N-ethyl adjacent to an activating group) is 1. The summed E-state index contributed by atoms with van der Waals surface area (Å²) in [6, 6.07) is 1.69. The molecule has 0 radical (unpaired) electrons. The molecule has 0 N–H and O–H groups in total. The molecule has 0 saturated carbocycles. The van der Waals surface area contributed by atoms with E-state index in [2.05, 4.69) is 14.7 Å². The van der Waals surface area contributed by atoms with Crippen molar-refractivity contribution in [3.8, 4) is 5.88 Å². The summed E-state index contributed by atoms with van der Waals surface area (Å²) in [5.74, 6) is 1.43. The predicted molar refractivity (Wildman–Crippen MR) is 63.2 cm³/mol. The van der Waals surface area contributed by atoms with Crippen LogP contribution in [-0.2, 0) is 9.53 Å². The maximum atomic E-state index is 11.3. The van der Waals surface area contributed by atoms with Crippen molar-refractivity contribution in [2.45, 2.75) is 13.8 Å². The Morgan fingerprint density at radius 1 is 1.41 bits per heavy atom. The number of aromatic nitrogens is 2. The highest BCUT2D eigenvalue weighted by Gasteiger charge is 2.13. The standard InChI is InChI=1S/C11H17N3O3/c1-5-14(7-11(15)17-4)9-6-10(16-3)13-8(2)12-9/h6H,5,7H2,1-4H3. The Morgan fingerprint density at radius 2 is 2.12 bits per heavy atom. The van der Waals surface area contributed by atoms with Crippen LogP contribution in [0.5, 0.6) is 5.88 Å². The summed E-state index contributed by atoms with van der Waals surface area (Å²) in [5, 5.41) is 0. The Hall–Kier alpha value is -1.85. The maximum absolute atomic E-state index is 11.3. The molecule has 1 rings (SSSR count). The third-order valence-corrected chi connectivity index (χ3v) is 2.26. The number of rotatable bonds is 5. The highest BCUT2D eigenvalue weighted by molar-refractivity contribution is 5.75. The van der Waals surface area contributed by atoms with E-state index in [9.17, 15) is 4.79 Å². The molecule has 6 nitrogen and oxygen atoms in total. The molecule has 0 aliphatic rings. The third kappa shape index (κ3) is 3.58. The summed E-state index contributed by atoms with van der Waals surface area (Å²) in [4.78, 5) is 21.4. The van der Waals surface area contributed by atoms with Crippen LogP contribution in [0.2, 0.25) is 0 Å². The van der Waals surface area contributed by atoms with Gasteiger partial charge in [-0.1, -0.05) is 0 Å². The molecule has 17 heavy (non-hydrogen) atoms. The number of aryl methyl sites for hydroxylation is 1. The summed E-state index contributed by atoms with van der Waals surface area (Å²) in [5.41, 5.74) is 0. The molecule has 0 aromatic carbocycles. The monoisotopic (exact) mass is 239 g/mol. The molecule has 1 aromatic rings. The van der Waals surface area contributed by atoms with Crippen molar-refractivity contribution >= 4 is 11.8 Å². The normalized spacial score (nSPS) is 9.88. The van der Waals surface area contributed by atoms with Gasteiger partial charge in [0.1, 0.15) is 18.2 Å². The summed E-state index contributed by atoms with van der Waals surface area (Å²) in [6.07, 6.45) is 0. The van der Waals surface area contributed by atoms with Gasteiger partial charge < -0.3 is 14.4 Å². The number of nitrogens with zero attached hydrogens (tertiary/aromatic N) is 3. The predicted octanol–water partition coefficient (Wildman–Crippen LogP) is 0.793. The van der Waals surface area contributed by atoms with E-state index < -0.39 is 0 Å². The average Bonchev–Trinajstić information content (AvgIpc) is 2.34. The lowest BCUT2D eigenvalue weighted by Crippen LogP contribution is -2.31. The van der Waals surface area contributed by atoms with E-state index in [0.29, 0.717) is 24.1 Å². The number of carbonyl (C=O) groups is 1. The van der Waals surface area contributed by atoms with Crippen molar-refractivity contribution in [1.82, 2.24) is 9.97 Å². The Balaban J connectivity index is 2.94. The number of carbonyl (C=O) groups excluding carboxylic acids is 1. The van der Waals surface area contributed by atoms with E-state index in [4.69, 9.17) is 4.74 Å². The van der Waals surface area contributed by atoms with Crippen LogP contribution in [0, 0.1) is 6.92 Å². The van der Waals surface area contributed by atoms with Gasteiger partial charge in [-0.25, -0.2) is 4.98 Å². The molecule has 0 bridgehead atoms. The summed E-state index contributed by atoms with van der Waals surface area (Å²) >= 11 is 0. The van der Waals surface area contributed by atoms with Crippen LogP contribution in [0.4, 0.5) is 5.82 Å². The number of hydrogen-bond acceptors (Lipinski definition) is 6. The summed E-state index contributed by atoms with van der Waals surface area (Å²) in [6.45, 7) is 4.52. The molecular formula is C11H17N3O3. The first-order chi connectivity index (χ1) is 8.10. The van der Waals surface area contributed by atoms with Gasteiger partial charge in [-0.3, -0.25) is 4.79 Å². The third-order valence-electron chi connectivity index (χ3n) is 2.26. The minimum Gasteiger partial charge on any atom is -0.481 e. The van der Waals surface area contributed by atoms with E-state index >= 15 is 0 Å². The van der Waals surface area contributed by atoms with Gasteiger partial charge in [0.15, 0.2) is 0 Å². The fourth-order valence-electron chi connectivity index (χ4n) is 1.37. The molecule has 0 aliphatic heterocycles. The van der Waals surface area contributed by atoms with Crippen molar-refractivity contribution in [2.75, 3.05) is 32.2 Å². The van der Waals surface area contributed by atoms with E-state index in [0.717, 1.165) is 0 Å². The fourth-order valence-corrected chi connectivity index (χ4v) is 1.37. The topological polar surface area (TPSA) is 64.6 Å². The largest absolute Gasteiger partial charge is 0.481 e. The lowest BCUT2D eigenvalue weighted by molar-refractivity contribution is -0.138. The minimum atomic E-state index is -0.304. The molecule has 1 heterocycles. The highest BCUT2D eigenvalue weighted by Crippen LogP contribution is 2.16. The lowest BCUT2D eigenvalue weighted by atomic mass is 10.4. The van der Waals surface area contributed by atoms with E-state index in [1.54, 1.807) is 25.0 Å². The van der Waals surface area contributed by atoms with E-state index in [-0.39, 0.29) is 12.5 Å². The van der Waals surface area contributed by atoms with Crippen molar-refractivity contribution in [3.05, 3.63) is 11.9 Å². The van der Waals surface area contributed by atoms with Crippen LogP contribution in [0.15, 0.2) is 6.07 Å². The second-order valence-electron chi connectivity index (χ2n) is 3.41. The number of methoxy groups -OCH3 is 2. The van der Waals surface area contributed by atoms with E-state index in [1.165, 1.54) is 7.11 Å². The van der Waals surface area contributed by atoms with Gasteiger partial charge in [0.2, 0.25) is 5.88 Å². The Labute approximate surface area is 101 Å². The molecule has 94 valence electrons. The SMILES string of the molecule is CCN(CC(=O)OC)c1cc(OC)nc(C)n1. The molecule has 0 spiro atoms. The van der Waals surface area contributed by atoms with Crippen molar-refractivity contribution < 1.29 is 14.3 Å². The maximum Gasteiger partial charge on any atom is 0.325 e. The molecule has 0 aliphatic carbocycles. The van der Waals surface area contributed by atoms with Gasteiger partial charge in [0, 0.05) is 12.6 Å². The smallest absolute Gasteiger partial charge is 0.325 e. The first-order valence-corrected chi connectivity index (χ1v) is 5.32. The van der Waals surface area contributed by atoms with Crippen LogP contribution >= 0.6 is 0 Å². The van der Waals surface area contributed by atoms with Crippen LogP contribution in [0.25, 0.3) is 0 Å². The molecular weight excluding hydrogens is 222 g/mol. The van der Waals surface area contributed by atoms with Crippen molar-refractivity contribution in [2.24, 2.45) is 0 Å². The molecule has 0 amide bonds. The van der Waals surface area contributed by atoms with Gasteiger partial charge in [-0.2, -0.15) is 4.98 Å². The molecule has 0 unspecified atom stereocenters. The minimum absolute atomic E-state index is 0.159. The lowest BCUT2D eigenvalue weighted by Gasteiger charge is -2.20. The number of anilines is 1. The number of esters is 1. The molecule has 6 heteroatoms. The highest BCUT2D eigenvalue weighted by atomic mass is 16.5. The molecule has 0 fully saturated rings. The quantitative estimate of drug-likeness (QED) is 0.708. The molecule has 1 aromatic heterocycles. The fraction of sp³-hybridized carbons (Fsp3) is 0.545. The Kier molecular flexibility index (Phi) is 4.68. The zero-order valence-electron chi connectivity index (χ0n) is 10.6. The van der Waals surface area contributed by atoms with Crippen LogP contribution in [-0.4, -0.2) is 43.2 Å². The van der Waals surface area contributed by atoms with Gasteiger partial charge >= 0.3 is 5.97 Å². The number of hydrogen-bond donors (Lipinski definition) is 0. The Morgan fingerprint density at radius 3 is 2.65 bits per heavy atom. The summed E-state index contributed by atoms with van der Waals surface area (Å²) in [7, 11) is 2.91. The second kappa shape index (κ2) is 6.03. The van der Waals surface area contributed by atoms with E-state index in [1.807, 2.05) is 6.92 Å². The zero-order chi connectivity index (χ0) is 12.8. The van der Waals surface area contributed by atoms with Crippen molar-refractivity contribution in [3.63, 3.8) is 0 Å². The second-order valence-corrected chi connectivity index (χ2v) is 3.41. The van der Waals surface area contributed by atoms with Gasteiger partial charge in [-0.15, -0.1) is 0 Å². The first-order valence-electron chi connectivity index (χ1n) is 5.32. The van der Waals surface area contributed by atoms with Crippen LogP contribution in [0.1, 0.15) is 12.7 Å². The zero-order valence-corrected chi connectivity index (χ0v) is 10.6. The van der Waals surface area contributed by atoms with Crippen molar-refractivity contribution in [1.29, 1.82) is 0 Å². The van der Waals surface area contributed by atoms with Crippen LogP contribution < -0.4 is 9.64 Å². The van der Waals surface area contributed by atoms with Gasteiger partial charge in [0.25, 0.3) is 0 Å². The van der Waals surface area contributed by atoms with Gasteiger partial charge in [-0.05, 0) is 13.8 Å². The molecule has 0 atom stereocenters. The first kappa shape index (κ1) is 13.2. The van der Waals surface area contributed by atoms with Gasteiger partial charge in [0.05, 0.1) is 14.2 Å². The average molecular weight is 239 g/mol. The number of ether oxygens (including phenoxy) is 2. The molecule has 0 saturated heterocycles. The van der Waals surface area contributed by atoms with Crippen LogP contribution in [0.3, 0.4) is 0 Å². The summed E-state index contributed by atoms with van der Waals surface area (Å²) < 4.78 is 9.70. The Bertz CT molecular complexity index is 396.